The smallest absolute Gasteiger partial charge is 0.155 e. The van der Waals surface area contributed by atoms with Crippen LogP contribution < -0.4 is 0 Å². The summed E-state index contributed by atoms with van der Waals surface area (Å²) in [5.74, 6) is 2.66. The van der Waals surface area contributed by atoms with E-state index in [1.165, 1.54) is 24.8 Å². The van der Waals surface area contributed by atoms with Gasteiger partial charge in [-0.15, -0.1) is 0 Å². The molecule has 0 saturated heterocycles. The molecule has 0 radical (unpaired) electrons. The molecule has 134 valence electrons. The molecule has 5 unspecified atom stereocenters. The Kier molecular flexibility index (Phi) is 4.79. The van der Waals surface area contributed by atoms with Crippen LogP contribution in [0.3, 0.4) is 0 Å². The van der Waals surface area contributed by atoms with E-state index in [2.05, 4.69) is 20.8 Å². The molecular formula is C22H34O2. The zero-order valence-corrected chi connectivity index (χ0v) is 16.0. The lowest BCUT2D eigenvalue weighted by atomic mass is 9.46. The van der Waals surface area contributed by atoms with Gasteiger partial charge < -0.3 is 0 Å². The number of rotatable bonds is 4. The van der Waals surface area contributed by atoms with Crippen LogP contribution in [0.25, 0.3) is 0 Å². The van der Waals surface area contributed by atoms with Gasteiger partial charge in [-0.25, -0.2) is 0 Å². The summed E-state index contributed by atoms with van der Waals surface area (Å²) in [6.45, 7) is 8.96. The standard InChI is InChI=1S/C22H34O2/c1-5-7-18-17-9-8-15-14-16(23)10-12-21(15,3)19(17)11-13-22(18,4)20(24)6-2/h14,17-19H,5-13H2,1-4H3. The van der Waals surface area contributed by atoms with Crippen LogP contribution in [0.15, 0.2) is 11.6 Å². The minimum Gasteiger partial charge on any atom is -0.299 e. The molecule has 5 atom stereocenters. The summed E-state index contributed by atoms with van der Waals surface area (Å²) in [5.41, 5.74) is 1.51. The molecule has 0 aromatic rings. The van der Waals surface area contributed by atoms with Crippen LogP contribution in [0.5, 0.6) is 0 Å². The van der Waals surface area contributed by atoms with Gasteiger partial charge in [0, 0.05) is 18.3 Å². The van der Waals surface area contributed by atoms with Gasteiger partial charge in [0.15, 0.2) is 5.78 Å². The van der Waals surface area contributed by atoms with Crippen LogP contribution in [0, 0.1) is 28.6 Å². The molecule has 2 nitrogen and oxygen atoms in total. The summed E-state index contributed by atoms with van der Waals surface area (Å²) in [4.78, 5) is 24.7. The van der Waals surface area contributed by atoms with E-state index < -0.39 is 0 Å². The fraction of sp³-hybridized carbons (Fsp3) is 0.818. The molecule has 0 amide bonds. The molecule has 3 aliphatic carbocycles. The summed E-state index contributed by atoms with van der Waals surface area (Å²) in [5, 5.41) is 0. The molecule has 0 N–H and O–H groups in total. The quantitative estimate of drug-likeness (QED) is 0.681. The maximum absolute atomic E-state index is 12.8. The lowest BCUT2D eigenvalue weighted by Crippen LogP contribution is -2.53. The predicted molar refractivity (Wildman–Crippen MR) is 97.7 cm³/mol. The van der Waals surface area contributed by atoms with E-state index in [9.17, 15) is 9.59 Å². The molecule has 3 rings (SSSR count). The van der Waals surface area contributed by atoms with E-state index in [1.54, 1.807) is 0 Å². The maximum Gasteiger partial charge on any atom is 0.155 e. The molecule has 2 fully saturated rings. The third kappa shape index (κ3) is 2.61. The number of allylic oxidation sites excluding steroid dienone is 2. The second-order valence-corrected chi connectivity index (χ2v) is 8.99. The second kappa shape index (κ2) is 6.42. The fourth-order valence-corrected chi connectivity index (χ4v) is 6.47. The van der Waals surface area contributed by atoms with Crippen molar-refractivity contribution in [2.24, 2.45) is 28.6 Å². The first-order chi connectivity index (χ1) is 11.4. The SMILES string of the molecule is CCCC1C2CCC3=CC(=O)CCC3(C)C2CCC1(C)C(=O)CC. The van der Waals surface area contributed by atoms with Crippen LogP contribution in [0.2, 0.25) is 0 Å². The first kappa shape index (κ1) is 17.9. The first-order valence-electron chi connectivity index (χ1n) is 10.1. The number of Topliss-reactive ketones (excluding diaryl/α,β-unsaturated/α-hetero) is 1. The van der Waals surface area contributed by atoms with Crippen LogP contribution in [-0.2, 0) is 9.59 Å². The van der Waals surface area contributed by atoms with E-state index in [4.69, 9.17) is 0 Å². The second-order valence-electron chi connectivity index (χ2n) is 8.99. The van der Waals surface area contributed by atoms with Crippen LogP contribution in [-0.4, -0.2) is 11.6 Å². The van der Waals surface area contributed by atoms with E-state index in [1.807, 2.05) is 13.0 Å². The zero-order valence-electron chi connectivity index (χ0n) is 16.0. The molecular weight excluding hydrogens is 296 g/mol. The Morgan fingerprint density at radius 3 is 2.58 bits per heavy atom. The summed E-state index contributed by atoms with van der Waals surface area (Å²) in [6, 6.07) is 0. The average molecular weight is 331 g/mol. The van der Waals surface area contributed by atoms with Crippen molar-refractivity contribution in [3.8, 4) is 0 Å². The Bertz CT molecular complexity index is 560. The van der Waals surface area contributed by atoms with Crippen LogP contribution >= 0.6 is 0 Å². The number of hydrogen-bond donors (Lipinski definition) is 0. The van der Waals surface area contributed by atoms with Crippen LogP contribution in [0.4, 0.5) is 0 Å². The lowest BCUT2D eigenvalue weighted by Gasteiger charge is -2.58. The van der Waals surface area contributed by atoms with Crippen molar-refractivity contribution in [3.05, 3.63) is 11.6 Å². The summed E-state index contributed by atoms with van der Waals surface area (Å²) in [6.07, 6.45) is 11.2. The summed E-state index contributed by atoms with van der Waals surface area (Å²) < 4.78 is 0. The van der Waals surface area contributed by atoms with Gasteiger partial charge in [-0.3, -0.25) is 9.59 Å². The molecule has 0 bridgehead atoms. The van der Waals surface area contributed by atoms with E-state index in [0.717, 1.165) is 25.7 Å². The maximum atomic E-state index is 12.8. The van der Waals surface area contributed by atoms with Gasteiger partial charge in [-0.1, -0.05) is 39.7 Å². The number of fused-ring (bicyclic) bond motifs is 3. The molecule has 0 aromatic heterocycles. The van der Waals surface area contributed by atoms with Crippen molar-refractivity contribution in [1.82, 2.24) is 0 Å². The molecule has 3 aliphatic rings. The molecule has 2 heteroatoms. The van der Waals surface area contributed by atoms with Crippen molar-refractivity contribution in [2.45, 2.75) is 85.5 Å². The van der Waals surface area contributed by atoms with Crippen molar-refractivity contribution in [3.63, 3.8) is 0 Å². The highest BCUT2D eigenvalue weighted by molar-refractivity contribution is 5.91. The van der Waals surface area contributed by atoms with Crippen LogP contribution in [0.1, 0.15) is 85.5 Å². The lowest BCUT2D eigenvalue weighted by molar-refractivity contribution is -0.141. The predicted octanol–water partition coefficient (Wildman–Crippen LogP) is 5.50. The number of ketones is 2. The minimum absolute atomic E-state index is 0.117. The number of hydrogen-bond acceptors (Lipinski definition) is 2. The Hall–Kier alpha value is -0.920. The molecule has 24 heavy (non-hydrogen) atoms. The highest BCUT2D eigenvalue weighted by atomic mass is 16.1. The fourth-order valence-electron chi connectivity index (χ4n) is 6.47. The van der Waals surface area contributed by atoms with Crippen molar-refractivity contribution in [2.75, 3.05) is 0 Å². The third-order valence-corrected chi connectivity index (χ3v) is 7.91. The molecule has 0 spiro atoms. The monoisotopic (exact) mass is 330 g/mol. The normalized spacial score (nSPS) is 42.1. The topological polar surface area (TPSA) is 34.1 Å². The largest absolute Gasteiger partial charge is 0.299 e. The van der Waals surface area contributed by atoms with E-state index >= 15 is 0 Å². The van der Waals surface area contributed by atoms with Gasteiger partial charge >= 0.3 is 0 Å². The molecule has 2 saturated carbocycles. The molecule has 0 aromatic carbocycles. The number of carbonyl (C=O) groups is 2. The zero-order chi connectivity index (χ0) is 17.5. The van der Waals surface area contributed by atoms with Gasteiger partial charge in [-0.05, 0) is 67.8 Å². The summed E-state index contributed by atoms with van der Waals surface area (Å²) in [7, 11) is 0. The van der Waals surface area contributed by atoms with E-state index in [-0.39, 0.29) is 10.8 Å². The van der Waals surface area contributed by atoms with Gasteiger partial charge in [-0.2, -0.15) is 0 Å². The van der Waals surface area contributed by atoms with Crippen molar-refractivity contribution >= 4 is 11.6 Å². The van der Waals surface area contributed by atoms with Gasteiger partial charge in [0.2, 0.25) is 0 Å². The number of carbonyl (C=O) groups excluding carboxylic acids is 2. The van der Waals surface area contributed by atoms with Gasteiger partial charge in [0.1, 0.15) is 5.78 Å². The Morgan fingerprint density at radius 1 is 1.17 bits per heavy atom. The minimum atomic E-state index is -0.117. The Balaban J connectivity index is 1.95. The van der Waals surface area contributed by atoms with Gasteiger partial charge in [0.25, 0.3) is 0 Å². The van der Waals surface area contributed by atoms with Crippen molar-refractivity contribution in [1.29, 1.82) is 0 Å². The highest BCUT2D eigenvalue weighted by Crippen LogP contribution is 2.62. The first-order valence-corrected chi connectivity index (χ1v) is 10.1. The third-order valence-electron chi connectivity index (χ3n) is 7.91. The Morgan fingerprint density at radius 2 is 1.92 bits per heavy atom. The summed E-state index contributed by atoms with van der Waals surface area (Å²) >= 11 is 0. The molecule has 0 aliphatic heterocycles. The highest BCUT2D eigenvalue weighted by Gasteiger charge is 2.56. The average Bonchev–Trinajstić information content (AvgIpc) is 2.57. The van der Waals surface area contributed by atoms with Crippen molar-refractivity contribution < 1.29 is 9.59 Å². The molecule has 0 heterocycles. The van der Waals surface area contributed by atoms with Gasteiger partial charge in [0.05, 0.1) is 0 Å². The van der Waals surface area contributed by atoms with E-state index in [0.29, 0.717) is 42.2 Å². The Labute approximate surface area is 147 Å².